The predicted molar refractivity (Wildman–Crippen MR) is 66.0 cm³/mol. The maximum absolute atomic E-state index is 11.7. The third kappa shape index (κ3) is 2.73. The highest BCUT2D eigenvalue weighted by molar-refractivity contribution is 6.32. The molecule has 3 nitrogen and oxygen atoms in total. The average Bonchev–Trinajstić information content (AvgIpc) is 2.15. The van der Waals surface area contributed by atoms with Crippen molar-refractivity contribution in [2.45, 2.75) is 26.2 Å². The predicted octanol–water partition coefficient (Wildman–Crippen LogP) is 2.73. The van der Waals surface area contributed by atoms with Crippen LogP contribution in [0, 0.1) is 0 Å². The summed E-state index contributed by atoms with van der Waals surface area (Å²) in [7, 11) is 3.38. The molecular weight excluding hydrogens is 224 g/mol. The standard InChI is InChI=1S/C12H17ClN2O/c1-12(2,3)9-7-6-8(10(13)14-9)11(16)15(4)5/h6-7H,1-5H3. The third-order valence-electron chi connectivity index (χ3n) is 2.25. The van der Waals surface area contributed by atoms with Crippen LogP contribution in [0.2, 0.25) is 5.15 Å². The number of amides is 1. The van der Waals surface area contributed by atoms with E-state index in [1.165, 1.54) is 4.90 Å². The van der Waals surface area contributed by atoms with Crippen LogP contribution in [-0.4, -0.2) is 29.9 Å². The van der Waals surface area contributed by atoms with Gasteiger partial charge in [-0.3, -0.25) is 4.79 Å². The Labute approximate surface area is 101 Å². The van der Waals surface area contributed by atoms with Crippen molar-refractivity contribution in [1.29, 1.82) is 0 Å². The zero-order valence-electron chi connectivity index (χ0n) is 10.3. The maximum Gasteiger partial charge on any atom is 0.256 e. The van der Waals surface area contributed by atoms with Crippen molar-refractivity contribution >= 4 is 17.5 Å². The molecule has 0 radical (unpaired) electrons. The van der Waals surface area contributed by atoms with E-state index in [1.807, 2.05) is 6.07 Å². The summed E-state index contributed by atoms with van der Waals surface area (Å²) in [5.41, 5.74) is 1.26. The van der Waals surface area contributed by atoms with Crippen LogP contribution in [0.25, 0.3) is 0 Å². The lowest BCUT2D eigenvalue weighted by Crippen LogP contribution is -2.23. The minimum Gasteiger partial charge on any atom is -0.345 e. The first-order valence-corrected chi connectivity index (χ1v) is 5.50. The molecule has 1 amide bonds. The van der Waals surface area contributed by atoms with Gasteiger partial charge in [-0.1, -0.05) is 32.4 Å². The molecule has 0 saturated heterocycles. The zero-order chi connectivity index (χ0) is 12.5. The molecule has 0 aliphatic heterocycles. The van der Waals surface area contributed by atoms with Crippen LogP contribution in [0.3, 0.4) is 0 Å². The van der Waals surface area contributed by atoms with E-state index in [9.17, 15) is 4.79 Å². The average molecular weight is 241 g/mol. The van der Waals surface area contributed by atoms with Gasteiger partial charge in [-0.2, -0.15) is 0 Å². The van der Waals surface area contributed by atoms with E-state index in [0.717, 1.165) is 5.69 Å². The summed E-state index contributed by atoms with van der Waals surface area (Å²) in [4.78, 5) is 17.5. The molecule has 1 rings (SSSR count). The van der Waals surface area contributed by atoms with Crippen LogP contribution in [0.5, 0.6) is 0 Å². The summed E-state index contributed by atoms with van der Waals surface area (Å²) >= 11 is 6.02. The molecule has 0 aliphatic rings. The number of rotatable bonds is 1. The van der Waals surface area contributed by atoms with Crippen molar-refractivity contribution in [3.8, 4) is 0 Å². The van der Waals surface area contributed by atoms with Crippen molar-refractivity contribution < 1.29 is 4.79 Å². The van der Waals surface area contributed by atoms with Crippen molar-refractivity contribution in [3.63, 3.8) is 0 Å². The number of hydrogen-bond acceptors (Lipinski definition) is 2. The normalized spacial score (nSPS) is 11.4. The van der Waals surface area contributed by atoms with Crippen LogP contribution in [0.15, 0.2) is 12.1 Å². The van der Waals surface area contributed by atoms with Gasteiger partial charge in [0, 0.05) is 25.2 Å². The Morgan fingerprint density at radius 2 is 1.88 bits per heavy atom. The van der Waals surface area contributed by atoms with E-state index in [1.54, 1.807) is 20.2 Å². The van der Waals surface area contributed by atoms with Crippen LogP contribution in [0.4, 0.5) is 0 Å². The number of carbonyl (C=O) groups excluding carboxylic acids is 1. The number of halogens is 1. The Morgan fingerprint density at radius 3 is 2.25 bits per heavy atom. The Balaban J connectivity index is 3.15. The van der Waals surface area contributed by atoms with Gasteiger partial charge < -0.3 is 4.90 Å². The fourth-order valence-corrected chi connectivity index (χ4v) is 1.49. The zero-order valence-corrected chi connectivity index (χ0v) is 11.1. The summed E-state index contributed by atoms with van der Waals surface area (Å²) in [6.07, 6.45) is 0. The van der Waals surface area contributed by atoms with Crippen LogP contribution in [0.1, 0.15) is 36.8 Å². The molecule has 1 aromatic heterocycles. The molecule has 0 unspecified atom stereocenters. The second kappa shape index (κ2) is 4.42. The first kappa shape index (κ1) is 13.0. The maximum atomic E-state index is 11.7. The van der Waals surface area contributed by atoms with Crippen molar-refractivity contribution in [3.05, 3.63) is 28.5 Å². The fourth-order valence-electron chi connectivity index (χ4n) is 1.25. The molecule has 0 fully saturated rings. The molecule has 0 saturated carbocycles. The summed E-state index contributed by atoms with van der Waals surface area (Å²) in [6, 6.07) is 3.58. The van der Waals surface area contributed by atoms with Gasteiger partial charge in [0.15, 0.2) is 0 Å². The summed E-state index contributed by atoms with van der Waals surface area (Å²) < 4.78 is 0. The molecule has 1 heterocycles. The monoisotopic (exact) mass is 240 g/mol. The topological polar surface area (TPSA) is 33.2 Å². The van der Waals surface area contributed by atoms with Gasteiger partial charge in [0.1, 0.15) is 5.15 Å². The van der Waals surface area contributed by atoms with Crippen LogP contribution in [-0.2, 0) is 5.41 Å². The van der Waals surface area contributed by atoms with E-state index in [2.05, 4.69) is 25.8 Å². The number of nitrogens with zero attached hydrogens (tertiary/aromatic N) is 2. The van der Waals surface area contributed by atoms with Gasteiger partial charge in [-0.25, -0.2) is 4.98 Å². The lowest BCUT2D eigenvalue weighted by atomic mass is 9.91. The molecule has 0 aromatic carbocycles. The van der Waals surface area contributed by atoms with Crippen molar-refractivity contribution in [2.24, 2.45) is 0 Å². The second-order valence-electron chi connectivity index (χ2n) is 4.98. The molecule has 0 N–H and O–H groups in total. The summed E-state index contributed by atoms with van der Waals surface area (Å²) in [5.74, 6) is -0.127. The smallest absolute Gasteiger partial charge is 0.256 e. The molecule has 4 heteroatoms. The number of aromatic nitrogens is 1. The van der Waals surface area contributed by atoms with Gasteiger partial charge in [-0.15, -0.1) is 0 Å². The molecule has 1 aromatic rings. The van der Waals surface area contributed by atoms with Crippen LogP contribution >= 0.6 is 11.6 Å². The highest BCUT2D eigenvalue weighted by Gasteiger charge is 2.19. The Kier molecular flexibility index (Phi) is 3.58. The minimum absolute atomic E-state index is 0.0661. The Morgan fingerprint density at radius 1 is 1.31 bits per heavy atom. The van der Waals surface area contributed by atoms with E-state index in [0.29, 0.717) is 5.56 Å². The molecule has 0 atom stereocenters. The van der Waals surface area contributed by atoms with E-state index >= 15 is 0 Å². The SMILES string of the molecule is CN(C)C(=O)c1ccc(C(C)(C)C)nc1Cl. The Bertz CT molecular complexity index is 408. The number of hydrogen-bond donors (Lipinski definition) is 0. The van der Waals surface area contributed by atoms with Gasteiger partial charge in [-0.05, 0) is 12.1 Å². The highest BCUT2D eigenvalue weighted by atomic mass is 35.5. The van der Waals surface area contributed by atoms with Crippen LogP contribution < -0.4 is 0 Å². The van der Waals surface area contributed by atoms with Gasteiger partial charge >= 0.3 is 0 Å². The molecule has 0 aliphatic carbocycles. The van der Waals surface area contributed by atoms with Crippen molar-refractivity contribution in [1.82, 2.24) is 9.88 Å². The fraction of sp³-hybridized carbons (Fsp3) is 0.500. The van der Waals surface area contributed by atoms with Crippen molar-refractivity contribution in [2.75, 3.05) is 14.1 Å². The van der Waals surface area contributed by atoms with E-state index in [4.69, 9.17) is 11.6 Å². The molecule has 16 heavy (non-hydrogen) atoms. The molecule has 88 valence electrons. The second-order valence-corrected chi connectivity index (χ2v) is 5.34. The molecule has 0 spiro atoms. The summed E-state index contributed by atoms with van der Waals surface area (Å²) in [5, 5.41) is 0.270. The highest BCUT2D eigenvalue weighted by Crippen LogP contribution is 2.24. The number of pyridine rings is 1. The minimum atomic E-state index is -0.127. The van der Waals surface area contributed by atoms with E-state index < -0.39 is 0 Å². The first-order valence-electron chi connectivity index (χ1n) is 5.12. The molecular formula is C12H17ClN2O. The number of carbonyl (C=O) groups is 1. The van der Waals surface area contributed by atoms with Gasteiger partial charge in [0.2, 0.25) is 0 Å². The summed E-state index contributed by atoms with van der Waals surface area (Å²) in [6.45, 7) is 6.16. The van der Waals surface area contributed by atoms with Gasteiger partial charge in [0.05, 0.1) is 5.56 Å². The lowest BCUT2D eigenvalue weighted by Gasteiger charge is -2.19. The quantitative estimate of drug-likeness (QED) is 0.708. The lowest BCUT2D eigenvalue weighted by molar-refractivity contribution is 0.0827. The first-order chi connectivity index (χ1) is 7.23. The molecule has 0 bridgehead atoms. The third-order valence-corrected chi connectivity index (χ3v) is 2.54. The van der Waals surface area contributed by atoms with E-state index in [-0.39, 0.29) is 16.5 Å². The largest absolute Gasteiger partial charge is 0.345 e. The Hall–Kier alpha value is -1.09. The van der Waals surface area contributed by atoms with Gasteiger partial charge in [0.25, 0.3) is 5.91 Å².